The van der Waals surface area contributed by atoms with Gasteiger partial charge in [0.2, 0.25) is 0 Å². The molecule has 3 aromatic rings. The highest BCUT2D eigenvalue weighted by molar-refractivity contribution is 5.88. The van der Waals surface area contributed by atoms with E-state index in [4.69, 9.17) is 20.4 Å². The smallest absolute Gasteiger partial charge is 0.336 e. The Balaban J connectivity index is 0.000000302. The van der Waals surface area contributed by atoms with Gasteiger partial charge in [-0.2, -0.15) is 0 Å². The lowest BCUT2D eigenvalue weighted by Crippen LogP contribution is -2.42. The van der Waals surface area contributed by atoms with Crippen LogP contribution in [0.25, 0.3) is 11.4 Å². The van der Waals surface area contributed by atoms with Gasteiger partial charge >= 0.3 is 17.9 Å². The predicted molar refractivity (Wildman–Crippen MR) is 144 cm³/mol. The van der Waals surface area contributed by atoms with Gasteiger partial charge < -0.3 is 25.5 Å². The van der Waals surface area contributed by atoms with Crippen molar-refractivity contribution in [2.75, 3.05) is 13.1 Å². The van der Waals surface area contributed by atoms with Gasteiger partial charge in [-0.3, -0.25) is 14.5 Å². The number of aliphatic hydroxyl groups is 2. The van der Waals surface area contributed by atoms with Gasteiger partial charge in [0.1, 0.15) is 5.82 Å². The molecular weight excluding hydrogens is 537 g/mol. The molecule has 5 N–H and O–H groups in total. The van der Waals surface area contributed by atoms with Crippen molar-refractivity contribution in [3.8, 4) is 11.4 Å². The second-order valence-electron chi connectivity index (χ2n) is 10.00. The first-order valence-corrected chi connectivity index (χ1v) is 12.8. The summed E-state index contributed by atoms with van der Waals surface area (Å²) in [4.78, 5) is 41.8. The number of carboxylic acid groups (broad SMARTS) is 3. The number of nitrogens with zero attached hydrogens (tertiary/aromatic N) is 3. The van der Waals surface area contributed by atoms with E-state index in [-0.39, 0.29) is 5.82 Å². The van der Waals surface area contributed by atoms with Crippen LogP contribution in [0.1, 0.15) is 42.4 Å². The Kier molecular flexibility index (Phi) is 10.2. The van der Waals surface area contributed by atoms with Crippen molar-refractivity contribution in [1.82, 2.24) is 14.9 Å². The van der Waals surface area contributed by atoms with Crippen LogP contribution in [-0.2, 0) is 26.5 Å². The van der Waals surface area contributed by atoms with E-state index < -0.39 is 42.0 Å². The lowest BCUT2D eigenvalue weighted by molar-refractivity contribution is -0.170. The number of hydrogen-bond acceptors (Lipinski definition) is 8. The molecule has 0 bridgehead atoms. The van der Waals surface area contributed by atoms with E-state index in [2.05, 4.69) is 27.9 Å². The average Bonchev–Trinajstić information content (AvgIpc) is 2.90. The maximum Gasteiger partial charge on any atom is 0.336 e. The number of aliphatic carboxylic acids is 3. The van der Waals surface area contributed by atoms with Gasteiger partial charge in [0.25, 0.3) is 0 Å². The molecule has 0 amide bonds. The Morgan fingerprint density at radius 1 is 0.927 bits per heavy atom. The fourth-order valence-corrected chi connectivity index (χ4v) is 4.56. The van der Waals surface area contributed by atoms with Gasteiger partial charge in [-0.25, -0.2) is 19.2 Å². The molecule has 12 heteroatoms. The van der Waals surface area contributed by atoms with Gasteiger partial charge in [-0.05, 0) is 31.4 Å². The van der Waals surface area contributed by atoms with E-state index in [0.29, 0.717) is 31.5 Å². The number of halogens is 1. The van der Waals surface area contributed by atoms with Crippen LogP contribution in [0.5, 0.6) is 0 Å². The van der Waals surface area contributed by atoms with Crippen LogP contribution in [0, 0.1) is 12.7 Å². The highest BCUT2D eigenvalue weighted by Gasteiger charge is 2.41. The number of hydrogen-bond donors (Lipinski definition) is 5. The number of rotatable bonds is 9. The minimum absolute atomic E-state index is 0.335. The van der Waals surface area contributed by atoms with E-state index in [1.807, 2.05) is 30.6 Å². The molecule has 2 heterocycles. The highest BCUT2D eigenvalue weighted by Crippen LogP contribution is 2.34. The molecule has 218 valence electrons. The number of aromatic nitrogens is 2. The van der Waals surface area contributed by atoms with E-state index >= 15 is 0 Å². The SMILES string of the molecule is Cc1ccccc1-c1ncc(CN2CCC(O)(c3ccccc3F)CC2)cn1.O=C(O)CC(O)(CC(=O)O)C(=O)O. The van der Waals surface area contributed by atoms with Crippen molar-refractivity contribution < 1.29 is 44.3 Å². The van der Waals surface area contributed by atoms with Crippen LogP contribution < -0.4 is 0 Å². The monoisotopic (exact) mass is 569 g/mol. The maximum absolute atomic E-state index is 14.1. The molecule has 1 aliphatic rings. The Morgan fingerprint density at radius 2 is 1.46 bits per heavy atom. The maximum atomic E-state index is 14.1. The zero-order chi connectivity index (χ0) is 30.2. The van der Waals surface area contributed by atoms with Crippen molar-refractivity contribution in [3.05, 3.63) is 83.4 Å². The van der Waals surface area contributed by atoms with Crippen LogP contribution in [0.15, 0.2) is 60.9 Å². The first kappa shape index (κ1) is 31.3. The van der Waals surface area contributed by atoms with Crippen LogP contribution in [0.4, 0.5) is 4.39 Å². The minimum atomic E-state index is -2.74. The molecule has 4 rings (SSSR count). The summed E-state index contributed by atoms with van der Waals surface area (Å²) in [5, 5.41) is 44.7. The summed E-state index contributed by atoms with van der Waals surface area (Å²) in [5.74, 6) is -4.62. The molecule has 2 aromatic carbocycles. The van der Waals surface area contributed by atoms with Crippen molar-refractivity contribution in [1.29, 1.82) is 0 Å². The van der Waals surface area contributed by atoms with Crippen molar-refractivity contribution >= 4 is 17.9 Å². The summed E-state index contributed by atoms with van der Waals surface area (Å²) >= 11 is 0. The van der Waals surface area contributed by atoms with Crippen molar-refractivity contribution in [3.63, 3.8) is 0 Å². The minimum Gasteiger partial charge on any atom is -0.481 e. The summed E-state index contributed by atoms with van der Waals surface area (Å²) in [6.45, 7) is 4.17. The van der Waals surface area contributed by atoms with Crippen LogP contribution >= 0.6 is 0 Å². The largest absolute Gasteiger partial charge is 0.481 e. The zero-order valence-electron chi connectivity index (χ0n) is 22.4. The molecule has 0 radical (unpaired) electrons. The number of carboxylic acids is 3. The first-order chi connectivity index (χ1) is 19.3. The Labute approximate surface area is 235 Å². The molecule has 0 aliphatic carbocycles. The molecule has 41 heavy (non-hydrogen) atoms. The van der Waals surface area contributed by atoms with E-state index in [0.717, 1.165) is 29.1 Å². The van der Waals surface area contributed by atoms with Gasteiger partial charge in [0.05, 0.1) is 18.4 Å². The van der Waals surface area contributed by atoms with Crippen LogP contribution in [-0.4, -0.2) is 77.0 Å². The molecule has 0 unspecified atom stereocenters. The fraction of sp³-hybridized carbons (Fsp3) is 0.345. The number of benzene rings is 2. The van der Waals surface area contributed by atoms with Crippen molar-refractivity contribution in [2.24, 2.45) is 0 Å². The van der Waals surface area contributed by atoms with Gasteiger partial charge in [0.15, 0.2) is 11.4 Å². The first-order valence-electron chi connectivity index (χ1n) is 12.8. The zero-order valence-corrected chi connectivity index (χ0v) is 22.4. The number of piperidine rings is 1. The highest BCUT2D eigenvalue weighted by atomic mass is 19.1. The molecule has 1 saturated heterocycles. The number of aryl methyl sites for hydroxylation is 1. The van der Waals surface area contributed by atoms with E-state index in [9.17, 15) is 23.9 Å². The van der Waals surface area contributed by atoms with Crippen LogP contribution in [0.2, 0.25) is 0 Å². The molecule has 0 atom stereocenters. The van der Waals surface area contributed by atoms with Gasteiger partial charge in [-0.1, -0.05) is 42.5 Å². The lowest BCUT2D eigenvalue weighted by atomic mass is 9.84. The topological polar surface area (TPSA) is 181 Å². The molecule has 0 spiro atoms. The summed E-state index contributed by atoms with van der Waals surface area (Å²) in [6.07, 6.45) is 2.47. The molecule has 0 saturated carbocycles. The second kappa shape index (κ2) is 13.4. The summed E-state index contributed by atoms with van der Waals surface area (Å²) in [7, 11) is 0. The number of carbonyl (C=O) groups is 3. The van der Waals surface area contributed by atoms with Crippen molar-refractivity contribution in [2.45, 2.75) is 50.4 Å². The molecular formula is C29H32FN3O8. The van der Waals surface area contributed by atoms with Gasteiger partial charge in [0, 0.05) is 48.7 Å². The second-order valence-corrected chi connectivity index (χ2v) is 10.00. The normalized spacial score (nSPS) is 14.9. The van der Waals surface area contributed by atoms with Gasteiger partial charge in [-0.15, -0.1) is 0 Å². The fourth-order valence-electron chi connectivity index (χ4n) is 4.56. The Morgan fingerprint density at radius 3 is 1.98 bits per heavy atom. The lowest BCUT2D eigenvalue weighted by Gasteiger charge is -2.38. The summed E-state index contributed by atoms with van der Waals surface area (Å²) in [5.41, 5.74) is -0.194. The Bertz CT molecular complexity index is 1360. The molecule has 11 nitrogen and oxygen atoms in total. The standard InChI is InChI=1S/C23H24FN3O.C6H8O7/c1-17-6-2-3-7-19(17)22-25-14-18(15-26-22)16-27-12-10-23(28,11-13-27)20-8-4-5-9-21(20)24;7-3(8)1-6(13,5(11)12)2-4(9)10/h2-9,14-15,28H,10-13,16H2,1H3;13H,1-2H2,(H,7,8)(H,9,10)(H,11,12). The number of likely N-dealkylation sites (tertiary alicyclic amines) is 1. The molecule has 1 aliphatic heterocycles. The predicted octanol–water partition coefficient (Wildman–Crippen LogP) is 2.83. The quantitative estimate of drug-likeness (QED) is 0.256. The summed E-state index contributed by atoms with van der Waals surface area (Å²) < 4.78 is 14.1. The third-order valence-electron chi connectivity index (χ3n) is 6.84. The average molecular weight is 570 g/mol. The summed E-state index contributed by atoms with van der Waals surface area (Å²) in [6, 6.07) is 14.6. The van der Waals surface area contributed by atoms with E-state index in [1.54, 1.807) is 18.2 Å². The third kappa shape index (κ3) is 8.37. The molecule has 1 fully saturated rings. The van der Waals surface area contributed by atoms with E-state index in [1.165, 1.54) is 6.07 Å². The van der Waals surface area contributed by atoms with Crippen LogP contribution in [0.3, 0.4) is 0 Å². The molecule has 1 aromatic heterocycles. The Hall–Kier alpha value is -4.26. The third-order valence-corrected chi connectivity index (χ3v) is 6.84.